The molecule has 1 aliphatic rings. The maximum absolute atomic E-state index is 13.0. The van der Waals surface area contributed by atoms with E-state index < -0.39 is 0 Å². The summed E-state index contributed by atoms with van der Waals surface area (Å²) in [5.74, 6) is 0.804. The summed E-state index contributed by atoms with van der Waals surface area (Å²) < 4.78 is 5.38. The Morgan fingerprint density at radius 2 is 1.75 bits per heavy atom. The van der Waals surface area contributed by atoms with Gasteiger partial charge in [-0.1, -0.05) is 60.7 Å². The normalized spacial score (nSPS) is 16.0. The van der Waals surface area contributed by atoms with E-state index in [1.54, 1.807) is 7.11 Å². The van der Waals surface area contributed by atoms with Gasteiger partial charge < -0.3 is 15.0 Å². The Morgan fingerprint density at radius 1 is 1.00 bits per heavy atom. The number of rotatable bonds is 7. The SMILES string of the molecule is COc1ccccc1CCNC(=O)[C@@H]1CCCN(C(=O)Cc2cccc3ccccc23)C1. The van der Waals surface area contributed by atoms with Crippen molar-refractivity contribution in [1.29, 1.82) is 0 Å². The highest BCUT2D eigenvalue weighted by molar-refractivity contribution is 5.90. The fourth-order valence-corrected chi connectivity index (χ4v) is 4.51. The zero-order valence-electron chi connectivity index (χ0n) is 18.5. The van der Waals surface area contributed by atoms with Crippen LogP contribution in [0.25, 0.3) is 10.8 Å². The second-order valence-electron chi connectivity index (χ2n) is 8.35. The molecule has 32 heavy (non-hydrogen) atoms. The van der Waals surface area contributed by atoms with E-state index in [2.05, 4.69) is 23.5 Å². The lowest BCUT2D eigenvalue weighted by Crippen LogP contribution is -2.46. The van der Waals surface area contributed by atoms with Gasteiger partial charge in [0.15, 0.2) is 0 Å². The van der Waals surface area contributed by atoms with E-state index >= 15 is 0 Å². The second kappa shape index (κ2) is 10.3. The largest absolute Gasteiger partial charge is 0.496 e. The van der Waals surface area contributed by atoms with Gasteiger partial charge in [-0.05, 0) is 47.2 Å². The van der Waals surface area contributed by atoms with Gasteiger partial charge >= 0.3 is 0 Å². The molecule has 1 aliphatic heterocycles. The van der Waals surface area contributed by atoms with E-state index in [1.165, 1.54) is 0 Å². The van der Waals surface area contributed by atoms with Crippen LogP contribution in [0.1, 0.15) is 24.0 Å². The van der Waals surface area contributed by atoms with Crippen LogP contribution >= 0.6 is 0 Å². The van der Waals surface area contributed by atoms with Crippen molar-refractivity contribution in [3.05, 3.63) is 77.9 Å². The molecule has 3 aromatic rings. The molecule has 3 aromatic carbocycles. The molecule has 1 N–H and O–H groups in total. The smallest absolute Gasteiger partial charge is 0.227 e. The summed E-state index contributed by atoms with van der Waals surface area (Å²) in [6.07, 6.45) is 2.75. The van der Waals surface area contributed by atoms with Crippen molar-refractivity contribution in [2.75, 3.05) is 26.7 Å². The summed E-state index contributed by atoms with van der Waals surface area (Å²) in [5.41, 5.74) is 2.11. The molecule has 0 saturated carbocycles. The maximum atomic E-state index is 13.0. The van der Waals surface area contributed by atoms with Gasteiger partial charge in [-0.3, -0.25) is 9.59 Å². The van der Waals surface area contributed by atoms with Crippen molar-refractivity contribution in [2.45, 2.75) is 25.7 Å². The van der Waals surface area contributed by atoms with E-state index in [-0.39, 0.29) is 17.7 Å². The van der Waals surface area contributed by atoms with Crippen molar-refractivity contribution >= 4 is 22.6 Å². The minimum Gasteiger partial charge on any atom is -0.496 e. The Kier molecular flexibility index (Phi) is 7.05. The van der Waals surface area contributed by atoms with E-state index in [0.29, 0.717) is 32.5 Å². The topological polar surface area (TPSA) is 58.6 Å². The number of methoxy groups -OCH3 is 1. The van der Waals surface area contributed by atoms with Gasteiger partial charge in [0.2, 0.25) is 11.8 Å². The van der Waals surface area contributed by atoms with Gasteiger partial charge in [0.25, 0.3) is 0 Å². The van der Waals surface area contributed by atoms with Crippen LogP contribution in [0, 0.1) is 5.92 Å². The van der Waals surface area contributed by atoms with Crippen LogP contribution in [0.5, 0.6) is 5.75 Å². The van der Waals surface area contributed by atoms with Gasteiger partial charge in [-0.15, -0.1) is 0 Å². The number of para-hydroxylation sites is 1. The maximum Gasteiger partial charge on any atom is 0.227 e. The molecule has 0 spiro atoms. The highest BCUT2D eigenvalue weighted by atomic mass is 16.5. The number of hydrogen-bond acceptors (Lipinski definition) is 3. The van der Waals surface area contributed by atoms with Crippen molar-refractivity contribution in [3.63, 3.8) is 0 Å². The molecule has 2 amide bonds. The van der Waals surface area contributed by atoms with Gasteiger partial charge in [0, 0.05) is 19.6 Å². The van der Waals surface area contributed by atoms with Crippen molar-refractivity contribution in [2.24, 2.45) is 5.92 Å². The van der Waals surface area contributed by atoms with Crippen LogP contribution in [0.4, 0.5) is 0 Å². The van der Waals surface area contributed by atoms with E-state index in [1.807, 2.05) is 53.4 Å². The summed E-state index contributed by atoms with van der Waals surface area (Å²) in [6, 6.07) is 22.1. The zero-order valence-corrected chi connectivity index (χ0v) is 18.5. The molecular formula is C27H30N2O3. The average molecular weight is 431 g/mol. The fourth-order valence-electron chi connectivity index (χ4n) is 4.51. The molecule has 1 atom stereocenters. The molecule has 4 rings (SSSR count). The number of likely N-dealkylation sites (tertiary alicyclic amines) is 1. The van der Waals surface area contributed by atoms with Crippen LogP contribution in [0.15, 0.2) is 66.7 Å². The second-order valence-corrected chi connectivity index (χ2v) is 8.35. The Hall–Kier alpha value is -3.34. The number of hydrogen-bond donors (Lipinski definition) is 1. The molecule has 0 unspecified atom stereocenters. The molecule has 1 heterocycles. The summed E-state index contributed by atoms with van der Waals surface area (Å²) >= 11 is 0. The highest BCUT2D eigenvalue weighted by Gasteiger charge is 2.28. The molecule has 5 nitrogen and oxygen atoms in total. The Balaban J connectivity index is 1.32. The number of nitrogens with one attached hydrogen (secondary N) is 1. The predicted molar refractivity (Wildman–Crippen MR) is 127 cm³/mol. The lowest BCUT2D eigenvalue weighted by atomic mass is 9.95. The lowest BCUT2D eigenvalue weighted by molar-refractivity contribution is -0.135. The van der Waals surface area contributed by atoms with Crippen LogP contribution in [0.3, 0.4) is 0 Å². The van der Waals surface area contributed by atoms with E-state index in [0.717, 1.165) is 40.5 Å². The third-order valence-corrected chi connectivity index (χ3v) is 6.25. The van der Waals surface area contributed by atoms with Crippen molar-refractivity contribution in [3.8, 4) is 5.75 Å². The van der Waals surface area contributed by atoms with Crippen LogP contribution in [-0.2, 0) is 22.4 Å². The van der Waals surface area contributed by atoms with Crippen molar-refractivity contribution < 1.29 is 14.3 Å². The lowest BCUT2D eigenvalue weighted by Gasteiger charge is -2.32. The Morgan fingerprint density at radius 3 is 2.62 bits per heavy atom. The molecule has 0 radical (unpaired) electrons. The summed E-state index contributed by atoms with van der Waals surface area (Å²) in [6.45, 7) is 1.76. The number of nitrogens with zero attached hydrogens (tertiary/aromatic N) is 1. The highest BCUT2D eigenvalue weighted by Crippen LogP contribution is 2.22. The number of benzene rings is 3. The fraction of sp³-hybridized carbons (Fsp3) is 0.333. The molecule has 0 aliphatic carbocycles. The predicted octanol–water partition coefficient (Wildman–Crippen LogP) is 3.99. The van der Waals surface area contributed by atoms with Crippen LogP contribution < -0.4 is 10.1 Å². The molecule has 0 aromatic heterocycles. The number of amides is 2. The molecular weight excluding hydrogens is 400 g/mol. The minimum absolute atomic E-state index is 0.0301. The monoisotopic (exact) mass is 430 g/mol. The molecule has 1 saturated heterocycles. The summed E-state index contributed by atoms with van der Waals surface area (Å²) in [5, 5.41) is 5.31. The first kappa shape index (κ1) is 21.9. The Bertz CT molecular complexity index is 1090. The van der Waals surface area contributed by atoms with Crippen LogP contribution in [-0.4, -0.2) is 43.5 Å². The van der Waals surface area contributed by atoms with Gasteiger partial charge in [-0.2, -0.15) is 0 Å². The standard InChI is InChI=1S/C27H30N2O3/c1-32-25-14-5-3-9-21(25)15-16-28-27(31)23-12-7-17-29(19-23)26(30)18-22-11-6-10-20-8-2-4-13-24(20)22/h2-6,8-11,13-14,23H,7,12,15-19H2,1H3,(H,28,31)/t23-/m1/s1. The molecule has 1 fully saturated rings. The van der Waals surface area contributed by atoms with Gasteiger partial charge in [0.05, 0.1) is 19.4 Å². The third kappa shape index (κ3) is 5.10. The van der Waals surface area contributed by atoms with E-state index in [4.69, 9.17) is 4.74 Å². The van der Waals surface area contributed by atoms with E-state index in [9.17, 15) is 9.59 Å². The summed E-state index contributed by atoms with van der Waals surface area (Å²) in [7, 11) is 1.66. The zero-order chi connectivity index (χ0) is 22.3. The number of ether oxygens (including phenoxy) is 1. The van der Waals surface area contributed by atoms with Gasteiger partial charge in [0.1, 0.15) is 5.75 Å². The number of piperidine rings is 1. The Labute approximate surface area is 189 Å². The first-order valence-corrected chi connectivity index (χ1v) is 11.3. The first-order valence-electron chi connectivity index (χ1n) is 11.3. The number of fused-ring (bicyclic) bond motifs is 1. The quantitative estimate of drug-likeness (QED) is 0.617. The molecule has 0 bridgehead atoms. The first-order chi connectivity index (χ1) is 15.7. The van der Waals surface area contributed by atoms with Gasteiger partial charge in [-0.25, -0.2) is 0 Å². The van der Waals surface area contributed by atoms with Crippen molar-refractivity contribution in [1.82, 2.24) is 10.2 Å². The van der Waals surface area contributed by atoms with Crippen LogP contribution in [0.2, 0.25) is 0 Å². The molecule has 5 heteroatoms. The average Bonchev–Trinajstić information content (AvgIpc) is 2.84. The summed E-state index contributed by atoms with van der Waals surface area (Å²) in [4.78, 5) is 27.6. The number of carbonyl (C=O) groups excluding carboxylic acids is 2. The minimum atomic E-state index is -0.155. The number of carbonyl (C=O) groups is 2. The third-order valence-electron chi connectivity index (χ3n) is 6.25. The molecule has 166 valence electrons.